The zero-order valence-corrected chi connectivity index (χ0v) is 16.9. The molecule has 0 aromatic heterocycles. The summed E-state index contributed by atoms with van der Waals surface area (Å²) in [5.74, 6) is -4.11. The maximum absolute atomic E-state index is 12.7. The number of halogens is 1. The third-order valence-corrected chi connectivity index (χ3v) is 5.28. The van der Waals surface area contributed by atoms with Crippen LogP contribution in [0.1, 0.15) is 25.3 Å². The monoisotopic (exact) mass is 422 g/mol. The number of benzene rings is 1. The van der Waals surface area contributed by atoms with Gasteiger partial charge in [0.15, 0.2) is 0 Å². The van der Waals surface area contributed by atoms with Gasteiger partial charge in [-0.05, 0) is 25.5 Å². The van der Waals surface area contributed by atoms with Crippen molar-refractivity contribution in [2.24, 2.45) is 5.92 Å². The molecule has 0 saturated carbocycles. The molecule has 1 amide bonds. The lowest BCUT2D eigenvalue weighted by molar-refractivity contribution is -0.153. The van der Waals surface area contributed by atoms with Crippen molar-refractivity contribution in [2.45, 2.75) is 19.8 Å². The standard InChI is InChI=1S/C19H19ClN2O5S/c1-3-26-14(23)10-28-18-12(9-21)15(11-7-5-6-8-13(11)20)16(17(24)22-18)19(25)27-4-2/h5-8,15-16H,3-4,10H2,1-2H3,(H,22,24). The largest absolute Gasteiger partial charge is 0.465 e. The fourth-order valence-electron chi connectivity index (χ4n) is 2.82. The molecule has 1 N–H and O–H groups in total. The average molecular weight is 423 g/mol. The van der Waals surface area contributed by atoms with Crippen molar-refractivity contribution in [1.82, 2.24) is 5.32 Å². The van der Waals surface area contributed by atoms with Crippen LogP contribution in [0.15, 0.2) is 34.9 Å². The maximum atomic E-state index is 12.7. The summed E-state index contributed by atoms with van der Waals surface area (Å²) in [4.78, 5) is 36.9. The second-order valence-corrected chi connectivity index (χ2v) is 7.06. The third kappa shape index (κ3) is 4.86. The Hall–Kier alpha value is -2.50. The van der Waals surface area contributed by atoms with Crippen LogP contribution in [-0.4, -0.2) is 36.8 Å². The number of ether oxygens (including phenoxy) is 2. The van der Waals surface area contributed by atoms with E-state index in [-0.39, 0.29) is 29.6 Å². The van der Waals surface area contributed by atoms with Crippen LogP contribution in [0.2, 0.25) is 5.02 Å². The molecule has 28 heavy (non-hydrogen) atoms. The molecule has 1 heterocycles. The Morgan fingerprint density at radius 1 is 1.25 bits per heavy atom. The van der Waals surface area contributed by atoms with Crippen molar-refractivity contribution in [3.05, 3.63) is 45.5 Å². The van der Waals surface area contributed by atoms with Gasteiger partial charge in [0.25, 0.3) is 0 Å². The van der Waals surface area contributed by atoms with Crippen LogP contribution in [0, 0.1) is 17.2 Å². The van der Waals surface area contributed by atoms with Gasteiger partial charge in [-0.3, -0.25) is 14.4 Å². The highest BCUT2D eigenvalue weighted by molar-refractivity contribution is 8.03. The van der Waals surface area contributed by atoms with E-state index in [2.05, 4.69) is 11.4 Å². The van der Waals surface area contributed by atoms with Crippen molar-refractivity contribution in [2.75, 3.05) is 19.0 Å². The summed E-state index contributed by atoms with van der Waals surface area (Å²) < 4.78 is 9.92. The molecule has 1 aliphatic rings. The van der Waals surface area contributed by atoms with Gasteiger partial charge in [-0.25, -0.2) is 0 Å². The zero-order valence-electron chi connectivity index (χ0n) is 15.4. The Labute approximate surface area is 172 Å². The molecule has 9 heteroatoms. The van der Waals surface area contributed by atoms with Gasteiger partial charge in [0.2, 0.25) is 5.91 Å². The number of esters is 2. The first-order chi connectivity index (χ1) is 13.4. The van der Waals surface area contributed by atoms with Crippen LogP contribution < -0.4 is 5.32 Å². The summed E-state index contributed by atoms with van der Waals surface area (Å²) in [7, 11) is 0. The van der Waals surface area contributed by atoms with Crippen LogP contribution >= 0.6 is 23.4 Å². The highest BCUT2D eigenvalue weighted by atomic mass is 35.5. The number of rotatable bonds is 7. The minimum atomic E-state index is -1.26. The molecule has 2 atom stereocenters. The lowest BCUT2D eigenvalue weighted by Gasteiger charge is -2.31. The molecule has 1 aromatic carbocycles. The first kappa shape index (κ1) is 21.8. The summed E-state index contributed by atoms with van der Waals surface area (Å²) in [6.45, 7) is 3.63. The van der Waals surface area contributed by atoms with E-state index >= 15 is 0 Å². The normalized spacial score (nSPS) is 18.9. The number of amides is 1. The smallest absolute Gasteiger partial charge is 0.319 e. The molecular formula is C19H19ClN2O5S. The molecule has 0 aliphatic carbocycles. The number of allylic oxidation sites excluding steroid dienone is 1. The zero-order chi connectivity index (χ0) is 20.7. The van der Waals surface area contributed by atoms with E-state index in [1.165, 1.54) is 0 Å². The van der Waals surface area contributed by atoms with Crippen molar-refractivity contribution in [1.29, 1.82) is 5.26 Å². The van der Waals surface area contributed by atoms with Crippen LogP contribution in [0.5, 0.6) is 0 Å². The topological polar surface area (TPSA) is 105 Å². The molecule has 1 aliphatic heterocycles. The molecule has 0 radical (unpaired) electrons. The minimum Gasteiger partial charge on any atom is -0.465 e. The van der Waals surface area contributed by atoms with Crippen LogP contribution in [0.25, 0.3) is 0 Å². The van der Waals surface area contributed by atoms with Crippen LogP contribution in [0.4, 0.5) is 0 Å². The Morgan fingerprint density at radius 3 is 2.54 bits per heavy atom. The number of hydrogen-bond acceptors (Lipinski definition) is 7. The highest BCUT2D eigenvalue weighted by Crippen LogP contribution is 2.42. The number of thioether (sulfide) groups is 1. The molecule has 0 spiro atoms. The van der Waals surface area contributed by atoms with Gasteiger partial charge in [-0.2, -0.15) is 5.26 Å². The third-order valence-electron chi connectivity index (χ3n) is 3.95. The van der Waals surface area contributed by atoms with Gasteiger partial charge in [0, 0.05) is 10.9 Å². The second kappa shape index (κ2) is 10.2. The van der Waals surface area contributed by atoms with Gasteiger partial charge >= 0.3 is 11.9 Å². The second-order valence-electron chi connectivity index (χ2n) is 5.67. The summed E-state index contributed by atoms with van der Waals surface area (Å²) in [5, 5.41) is 12.9. The number of nitrogens with one attached hydrogen (secondary N) is 1. The first-order valence-electron chi connectivity index (χ1n) is 8.59. The molecule has 0 fully saturated rings. The lowest BCUT2D eigenvalue weighted by atomic mass is 9.78. The van der Waals surface area contributed by atoms with Crippen molar-refractivity contribution >= 4 is 41.2 Å². The molecule has 7 nitrogen and oxygen atoms in total. The predicted molar refractivity (Wildman–Crippen MR) is 104 cm³/mol. The van der Waals surface area contributed by atoms with Crippen molar-refractivity contribution in [3.8, 4) is 6.07 Å². The quantitative estimate of drug-likeness (QED) is 0.532. The summed E-state index contributed by atoms with van der Waals surface area (Å²) in [6, 6.07) is 8.74. The van der Waals surface area contributed by atoms with Gasteiger partial charge in [-0.15, -0.1) is 0 Å². The van der Waals surface area contributed by atoms with E-state index in [9.17, 15) is 19.6 Å². The van der Waals surface area contributed by atoms with Crippen LogP contribution in [0.3, 0.4) is 0 Å². The highest BCUT2D eigenvalue weighted by Gasteiger charge is 2.45. The summed E-state index contributed by atoms with van der Waals surface area (Å²) in [6.07, 6.45) is 0. The molecule has 2 unspecified atom stereocenters. The average Bonchev–Trinajstić information content (AvgIpc) is 2.66. The van der Waals surface area contributed by atoms with E-state index in [1.54, 1.807) is 38.1 Å². The SMILES string of the molecule is CCOC(=O)CSC1=C(C#N)C(c2ccccc2Cl)C(C(=O)OCC)C(=O)N1. The number of carbonyl (C=O) groups is 3. The Morgan fingerprint density at radius 2 is 1.93 bits per heavy atom. The van der Waals surface area contributed by atoms with Gasteiger partial charge in [-0.1, -0.05) is 41.6 Å². The lowest BCUT2D eigenvalue weighted by Crippen LogP contribution is -2.44. The van der Waals surface area contributed by atoms with Gasteiger partial charge in [0.1, 0.15) is 5.92 Å². The Bertz CT molecular complexity index is 849. The Kier molecular flexibility index (Phi) is 7.91. The number of nitrogens with zero attached hydrogens (tertiary/aromatic N) is 1. The summed E-state index contributed by atoms with van der Waals surface area (Å²) in [5.41, 5.74) is 0.600. The fourth-order valence-corrected chi connectivity index (χ4v) is 3.92. The summed E-state index contributed by atoms with van der Waals surface area (Å²) >= 11 is 7.26. The van der Waals surface area contributed by atoms with Gasteiger partial charge < -0.3 is 14.8 Å². The maximum Gasteiger partial charge on any atom is 0.319 e. The molecule has 148 valence electrons. The number of nitriles is 1. The minimum absolute atomic E-state index is 0.0893. The molecule has 2 rings (SSSR count). The molecule has 1 aromatic rings. The predicted octanol–water partition coefficient (Wildman–Crippen LogP) is 2.76. The first-order valence-corrected chi connectivity index (χ1v) is 9.95. The van der Waals surface area contributed by atoms with Crippen molar-refractivity contribution < 1.29 is 23.9 Å². The van der Waals surface area contributed by atoms with E-state index < -0.39 is 29.7 Å². The number of carbonyl (C=O) groups excluding carboxylic acids is 3. The van der Waals surface area contributed by atoms with Crippen LogP contribution in [-0.2, 0) is 23.9 Å². The molecular weight excluding hydrogens is 404 g/mol. The molecule has 0 bridgehead atoms. The fraction of sp³-hybridized carbons (Fsp3) is 0.368. The van der Waals surface area contributed by atoms with Gasteiger partial charge in [0.05, 0.1) is 35.6 Å². The van der Waals surface area contributed by atoms with E-state index in [0.717, 1.165) is 11.8 Å². The number of hydrogen-bond donors (Lipinski definition) is 1. The van der Waals surface area contributed by atoms with E-state index in [1.807, 2.05) is 0 Å². The Balaban J connectivity index is 2.51. The molecule has 0 saturated heterocycles. The van der Waals surface area contributed by atoms with E-state index in [0.29, 0.717) is 10.6 Å². The van der Waals surface area contributed by atoms with E-state index in [4.69, 9.17) is 21.1 Å². The van der Waals surface area contributed by atoms with Crippen molar-refractivity contribution in [3.63, 3.8) is 0 Å².